The molecule has 0 aliphatic heterocycles. The SMILES string of the molecule is Cc1ncccc1C(CC(=O)O)C(=O)O. The molecule has 2 N–H and O–H groups in total. The largest absolute Gasteiger partial charge is 0.481 e. The first-order chi connectivity index (χ1) is 7.02. The van der Waals surface area contributed by atoms with E-state index in [2.05, 4.69) is 4.98 Å². The van der Waals surface area contributed by atoms with Crippen molar-refractivity contribution in [2.75, 3.05) is 0 Å². The number of carbonyl (C=O) groups is 2. The molecule has 0 saturated carbocycles. The van der Waals surface area contributed by atoms with E-state index in [1.165, 1.54) is 0 Å². The Bertz CT molecular complexity index is 389. The van der Waals surface area contributed by atoms with Crippen LogP contribution in [0.3, 0.4) is 0 Å². The minimum Gasteiger partial charge on any atom is -0.481 e. The van der Waals surface area contributed by atoms with Crippen LogP contribution in [0, 0.1) is 6.92 Å². The number of aryl methyl sites for hydroxylation is 1. The van der Waals surface area contributed by atoms with Gasteiger partial charge in [-0.25, -0.2) is 0 Å². The van der Waals surface area contributed by atoms with Gasteiger partial charge in [0.25, 0.3) is 0 Å². The molecule has 15 heavy (non-hydrogen) atoms. The van der Waals surface area contributed by atoms with Crippen LogP contribution in [0.2, 0.25) is 0 Å². The van der Waals surface area contributed by atoms with Crippen molar-refractivity contribution in [3.63, 3.8) is 0 Å². The minimum absolute atomic E-state index is 0.429. The first-order valence-electron chi connectivity index (χ1n) is 4.38. The summed E-state index contributed by atoms with van der Waals surface area (Å²) in [7, 11) is 0. The molecule has 1 heterocycles. The maximum absolute atomic E-state index is 10.9. The zero-order valence-corrected chi connectivity index (χ0v) is 8.17. The van der Waals surface area contributed by atoms with Crippen LogP contribution in [0.25, 0.3) is 0 Å². The van der Waals surface area contributed by atoms with Crippen LogP contribution in [-0.2, 0) is 9.59 Å². The molecule has 5 nitrogen and oxygen atoms in total. The molecule has 80 valence electrons. The normalized spacial score (nSPS) is 12.1. The maximum Gasteiger partial charge on any atom is 0.311 e. The summed E-state index contributed by atoms with van der Waals surface area (Å²) in [6.07, 6.45) is 1.11. The summed E-state index contributed by atoms with van der Waals surface area (Å²) in [5, 5.41) is 17.5. The Balaban J connectivity index is 3.04. The van der Waals surface area contributed by atoms with Gasteiger partial charge in [-0.2, -0.15) is 0 Å². The highest BCUT2D eigenvalue weighted by Crippen LogP contribution is 2.21. The third kappa shape index (κ3) is 2.77. The molecule has 0 aromatic carbocycles. The number of pyridine rings is 1. The second-order valence-corrected chi connectivity index (χ2v) is 3.17. The molecule has 0 fully saturated rings. The van der Waals surface area contributed by atoms with Gasteiger partial charge in [0.15, 0.2) is 0 Å². The van der Waals surface area contributed by atoms with Gasteiger partial charge in [-0.05, 0) is 18.6 Å². The average molecular weight is 209 g/mol. The van der Waals surface area contributed by atoms with E-state index in [0.29, 0.717) is 11.3 Å². The summed E-state index contributed by atoms with van der Waals surface area (Å²) in [6, 6.07) is 3.18. The molecule has 0 saturated heterocycles. The standard InChI is InChI=1S/C10H11NO4/c1-6-7(3-2-4-11-6)8(10(14)15)5-9(12)13/h2-4,8H,5H2,1H3,(H,12,13)(H,14,15). The Morgan fingerprint density at radius 1 is 1.47 bits per heavy atom. The van der Waals surface area contributed by atoms with Crippen molar-refractivity contribution in [2.45, 2.75) is 19.3 Å². The van der Waals surface area contributed by atoms with Crippen LogP contribution in [0.1, 0.15) is 23.6 Å². The van der Waals surface area contributed by atoms with Crippen molar-refractivity contribution in [1.29, 1.82) is 0 Å². The molecule has 1 aromatic rings. The highest BCUT2D eigenvalue weighted by molar-refractivity contribution is 5.82. The number of carboxylic acids is 2. The van der Waals surface area contributed by atoms with Gasteiger partial charge in [-0.3, -0.25) is 14.6 Å². The summed E-state index contributed by atoms with van der Waals surface area (Å²) in [6.45, 7) is 1.66. The summed E-state index contributed by atoms with van der Waals surface area (Å²) >= 11 is 0. The average Bonchev–Trinajstić information content (AvgIpc) is 2.15. The fourth-order valence-electron chi connectivity index (χ4n) is 1.37. The molecule has 1 rings (SSSR count). The van der Waals surface area contributed by atoms with Crippen molar-refractivity contribution < 1.29 is 19.8 Å². The first kappa shape index (κ1) is 11.2. The van der Waals surface area contributed by atoms with Gasteiger partial charge in [0.2, 0.25) is 0 Å². The summed E-state index contributed by atoms with van der Waals surface area (Å²) in [5.74, 6) is -3.31. The number of rotatable bonds is 4. The van der Waals surface area contributed by atoms with Crippen molar-refractivity contribution >= 4 is 11.9 Å². The lowest BCUT2D eigenvalue weighted by atomic mass is 9.95. The van der Waals surface area contributed by atoms with Gasteiger partial charge in [0.1, 0.15) is 0 Å². The predicted molar refractivity (Wildman–Crippen MR) is 51.6 cm³/mol. The van der Waals surface area contributed by atoms with Gasteiger partial charge in [-0.1, -0.05) is 6.07 Å². The van der Waals surface area contributed by atoms with Gasteiger partial charge in [0, 0.05) is 11.9 Å². The molecule has 1 unspecified atom stereocenters. The second-order valence-electron chi connectivity index (χ2n) is 3.17. The van der Waals surface area contributed by atoms with E-state index in [0.717, 1.165) is 0 Å². The molecule has 0 aliphatic carbocycles. The van der Waals surface area contributed by atoms with Crippen molar-refractivity contribution in [1.82, 2.24) is 4.98 Å². The predicted octanol–water partition coefficient (Wildman–Crippen LogP) is 1.03. The molecule has 1 atom stereocenters. The topological polar surface area (TPSA) is 87.5 Å². The Morgan fingerprint density at radius 3 is 2.60 bits per heavy atom. The quantitative estimate of drug-likeness (QED) is 0.773. The Kier molecular flexibility index (Phi) is 3.38. The Hall–Kier alpha value is -1.91. The van der Waals surface area contributed by atoms with Crippen molar-refractivity contribution in [2.24, 2.45) is 0 Å². The van der Waals surface area contributed by atoms with E-state index in [1.807, 2.05) is 0 Å². The summed E-state index contributed by atoms with van der Waals surface area (Å²) < 4.78 is 0. The molecule has 5 heteroatoms. The van der Waals surface area contributed by atoms with Gasteiger partial charge in [-0.15, -0.1) is 0 Å². The van der Waals surface area contributed by atoms with Crippen molar-refractivity contribution in [3.8, 4) is 0 Å². The van der Waals surface area contributed by atoms with Gasteiger partial charge in [0.05, 0.1) is 12.3 Å². The smallest absolute Gasteiger partial charge is 0.311 e. The first-order valence-corrected chi connectivity index (χ1v) is 4.38. The number of aliphatic carboxylic acids is 2. The molecule has 0 amide bonds. The molecule has 0 bridgehead atoms. The highest BCUT2D eigenvalue weighted by atomic mass is 16.4. The van der Waals surface area contributed by atoms with Gasteiger partial charge >= 0.3 is 11.9 Å². The number of nitrogens with zero attached hydrogens (tertiary/aromatic N) is 1. The van der Waals surface area contributed by atoms with E-state index in [-0.39, 0.29) is 0 Å². The lowest BCUT2D eigenvalue weighted by Gasteiger charge is -2.11. The fraction of sp³-hybridized carbons (Fsp3) is 0.300. The Morgan fingerprint density at radius 2 is 2.13 bits per heavy atom. The van der Waals surface area contributed by atoms with Crippen LogP contribution in [0.4, 0.5) is 0 Å². The van der Waals surface area contributed by atoms with E-state index in [1.54, 1.807) is 25.3 Å². The van der Waals surface area contributed by atoms with Crippen LogP contribution in [-0.4, -0.2) is 27.1 Å². The van der Waals surface area contributed by atoms with Crippen LogP contribution in [0.5, 0.6) is 0 Å². The van der Waals surface area contributed by atoms with Crippen LogP contribution < -0.4 is 0 Å². The lowest BCUT2D eigenvalue weighted by molar-refractivity contribution is -0.145. The summed E-state index contributed by atoms with van der Waals surface area (Å²) in [4.78, 5) is 25.3. The molecular weight excluding hydrogens is 198 g/mol. The lowest BCUT2D eigenvalue weighted by Crippen LogP contribution is -2.17. The number of hydrogen-bond donors (Lipinski definition) is 2. The van der Waals surface area contributed by atoms with Crippen LogP contribution >= 0.6 is 0 Å². The number of carboxylic acid groups (broad SMARTS) is 2. The molecule has 0 spiro atoms. The third-order valence-corrected chi connectivity index (χ3v) is 2.10. The monoisotopic (exact) mass is 209 g/mol. The third-order valence-electron chi connectivity index (χ3n) is 2.10. The molecule has 0 aliphatic rings. The zero-order valence-electron chi connectivity index (χ0n) is 8.17. The second kappa shape index (κ2) is 4.54. The van der Waals surface area contributed by atoms with E-state index >= 15 is 0 Å². The fourth-order valence-corrected chi connectivity index (χ4v) is 1.37. The highest BCUT2D eigenvalue weighted by Gasteiger charge is 2.24. The van der Waals surface area contributed by atoms with E-state index < -0.39 is 24.3 Å². The van der Waals surface area contributed by atoms with E-state index in [4.69, 9.17) is 10.2 Å². The zero-order chi connectivity index (χ0) is 11.4. The van der Waals surface area contributed by atoms with E-state index in [9.17, 15) is 9.59 Å². The molecule has 1 aromatic heterocycles. The van der Waals surface area contributed by atoms with Gasteiger partial charge < -0.3 is 10.2 Å². The molecule has 0 radical (unpaired) electrons. The summed E-state index contributed by atoms with van der Waals surface area (Å²) in [5.41, 5.74) is 0.999. The van der Waals surface area contributed by atoms with Crippen LogP contribution in [0.15, 0.2) is 18.3 Å². The van der Waals surface area contributed by atoms with Crippen molar-refractivity contribution in [3.05, 3.63) is 29.6 Å². The Labute approximate surface area is 86.4 Å². The molecular formula is C10H11NO4. The maximum atomic E-state index is 10.9. The number of aromatic nitrogens is 1. The minimum atomic E-state index is -1.14. The number of hydrogen-bond acceptors (Lipinski definition) is 3.